The molecule has 0 aliphatic rings. The van der Waals surface area contributed by atoms with Gasteiger partial charge in [-0.05, 0) is 50.8 Å². The van der Waals surface area contributed by atoms with Crippen LogP contribution in [0.1, 0.15) is 45.7 Å². The maximum atomic E-state index is 12.8. The topological polar surface area (TPSA) is 98.1 Å². The van der Waals surface area contributed by atoms with Gasteiger partial charge in [0.05, 0.1) is 10.1 Å². The van der Waals surface area contributed by atoms with E-state index in [1.54, 1.807) is 26.1 Å². The third kappa shape index (κ3) is 5.07. The average molecular weight is 406 g/mol. The van der Waals surface area contributed by atoms with Crippen LogP contribution in [0.4, 0.5) is 5.82 Å². The average Bonchev–Trinajstić information content (AvgIpc) is 2.61. The van der Waals surface area contributed by atoms with Gasteiger partial charge in [0, 0.05) is 18.5 Å². The highest BCUT2D eigenvalue weighted by Gasteiger charge is 2.25. The summed E-state index contributed by atoms with van der Waals surface area (Å²) < 4.78 is 25.9. The number of hydrogen-bond acceptors (Lipinski definition) is 5. The molecule has 0 bridgehead atoms. The molecule has 1 N–H and O–H groups in total. The first-order valence-electron chi connectivity index (χ1n) is 9.22. The van der Waals surface area contributed by atoms with Crippen molar-refractivity contribution in [1.82, 2.24) is 9.55 Å². The van der Waals surface area contributed by atoms with Crippen LogP contribution in [0, 0.1) is 12.8 Å². The first kappa shape index (κ1) is 21.8. The molecule has 7 nitrogen and oxygen atoms in total. The molecule has 2 aromatic rings. The van der Waals surface area contributed by atoms with E-state index in [-0.39, 0.29) is 16.7 Å². The number of pyridine rings is 2. The Morgan fingerprint density at radius 2 is 1.86 bits per heavy atom. The minimum absolute atomic E-state index is 0.0346. The lowest BCUT2D eigenvalue weighted by Gasteiger charge is -2.21. The van der Waals surface area contributed by atoms with E-state index in [1.165, 1.54) is 16.8 Å². The molecular weight excluding hydrogens is 378 g/mol. The minimum Gasteiger partial charge on any atom is -0.309 e. The van der Waals surface area contributed by atoms with E-state index < -0.39 is 26.7 Å². The van der Waals surface area contributed by atoms with Crippen molar-refractivity contribution in [2.24, 2.45) is 5.92 Å². The fourth-order valence-corrected chi connectivity index (χ4v) is 3.78. The lowest BCUT2D eigenvalue weighted by molar-refractivity contribution is -0.119. The third-order valence-electron chi connectivity index (χ3n) is 4.36. The fourth-order valence-electron chi connectivity index (χ4n) is 2.72. The largest absolute Gasteiger partial charge is 0.309 e. The van der Waals surface area contributed by atoms with Crippen molar-refractivity contribution in [2.45, 2.75) is 57.2 Å². The van der Waals surface area contributed by atoms with E-state index in [0.717, 1.165) is 11.6 Å². The fraction of sp³-hybridized carbons (Fsp3) is 0.450. The summed E-state index contributed by atoms with van der Waals surface area (Å²) >= 11 is 0. The number of aryl methyl sites for hydroxylation is 1. The molecule has 0 fully saturated rings. The van der Waals surface area contributed by atoms with Gasteiger partial charge in [-0.2, -0.15) is 0 Å². The molecule has 2 heterocycles. The van der Waals surface area contributed by atoms with Gasteiger partial charge >= 0.3 is 0 Å². The second-order valence-corrected chi connectivity index (χ2v) is 10.1. The van der Waals surface area contributed by atoms with E-state index in [2.05, 4.69) is 10.3 Å². The van der Waals surface area contributed by atoms with Gasteiger partial charge in [-0.25, -0.2) is 13.4 Å². The quantitative estimate of drug-likeness (QED) is 0.764. The highest BCUT2D eigenvalue weighted by Crippen LogP contribution is 2.20. The zero-order valence-corrected chi connectivity index (χ0v) is 17.7. The van der Waals surface area contributed by atoms with Gasteiger partial charge in [-0.3, -0.25) is 9.59 Å². The summed E-state index contributed by atoms with van der Waals surface area (Å²) in [5.74, 6) is 0.177. The Morgan fingerprint density at radius 1 is 1.18 bits per heavy atom. The van der Waals surface area contributed by atoms with E-state index in [1.807, 2.05) is 26.8 Å². The molecule has 28 heavy (non-hydrogen) atoms. The van der Waals surface area contributed by atoms with Gasteiger partial charge in [0.2, 0.25) is 5.91 Å². The summed E-state index contributed by atoms with van der Waals surface area (Å²) in [5.41, 5.74) is 0.439. The second-order valence-electron chi connectivity index (χ2n) is 7.56. The Morgan fingerprint density at radius 3 is 2.36 bits per heavy atom. The molecule has 8 heteroatoms. The van der Waals surface area contributed by atoms with E-state index >= 15 is 0 Å². The number of nitrogens with zero attached hydrogens (tertiary/aromatic N) is 2. The molecule has 0 unspecified atom stereocenters. The van der Waals surface area contributed by atoms with Crippen molar-refractivity contribution in [3.8, 4) is 0 Å². The summed E-state index contributed by atoms with van der Waals surface area (Å²) in [5, 5.41) is 2.10. The Bertz CT molecular complexity index is 993. The van der Waals surface area contributed by atoms with Crippen LogP contribution < -0.4 is 10.9 Å². The normalized spacial score (nSPS) is 13.0. The molecule has 0 radical (unpaired) electrons. The van der Waals surface area contributed by atoms with Gasteiger partial charge in [-0.15, -0.1) is 0 Å². The number of nitrogens with one attached hydrogen (secondary N) is 1. The number of amides is 1. The van der Waals surface area contributed by atoms with Crippen molar-refractivity contribution in [3.63, 3.8) is 0 Å². The van der Waals surface area contributed by atoms with Crippen molar-refractivity contribution in [3.05, 3.63) is 52.6 Å². The van der Waals surface area contributed by atoms with E-state index in [4.69, 9.17) is 0 Å². The molecule has 2 rings (SSSR count). The van der Waals surface area contributed by atoms with Crippen molar-refractivity contribution < 1.29 is 13.2 Å². The van der Waals surface area contributed by atoms with E-state index in [9.17, 15) is 18.0 Å². The van der Waals surface area contributed by atoms with Gasteiger partial charge in [-0.1, -0.05) is 19.9 Å². The number of rotatable bonds is 7. The first-order valence-corrected chi connectivity index (χ1v) is 10.8. The number of hydrogen-bond donors (Lipinski definition) is 1. The van der Waals surface area contributed by atoms with Gasteiger partial charge in [0.1, 0.15) is 11.9 Å². The van der Waals surface area contributed by atoms with Crippen LogP contribution in [0.2, 0.25) is 0 Å². The van der Waals surface area contributed by atoms with Crippen molar-refractivity contribution in [2.75, 3.05) is 5.32 Å². The van der Waals surface area contributed by atoms with E-state index in [0.29, 0.717) is 12.2 Å². The van der Waals surface area contributed by atoms with Crippen LogP contribution in [-0.2, 0) is 14.6 Å². The third-order valence-corrected chi connectivity index (χ3v) is 6.52. The summed E-state index contributed by atoms with van der Waals surface area (Å²) in [6.45, 7) is 8.92. The summed E-state index contributed by atoms with van der Waals surface area (Å²) in [7, 11) is -3.56. The van der Waals surface area contributed by atoms with Crippen molar-refractivity contribution in [1.29, 1.82) is 0 Å². The van der Waals surface area contributed by atoms with Gasteiger partial charge in [0.15, 0.2) is 9.84 Å². The molecule has 0 aliphatic heterocycles. The number of carbonyl (C=O) groups excluding carboxylic acids is 1. The minimum atomic E-state index is -3.56. The molecule has 152 valence electrons. The number of anilines is 1. The van der Waals surface area contributed by atoms with Crippen LogP contribution in [0.5, 0.6) is 0 Å². The smallest absolute Gasteiger partial charge is 0.252 e. The lowest BCUT2D eigenvalue weighted by atomic mass is 10.0. The predicted octanol–water partition coefficient (Wildman–Crippen LogP) is 2.96. The molecule has 0 aromatic carbocycles. The molecule has 0 saturated heterocycles. The Labute approximate surface area is 165 Å². The standard InChI is InChI=1S/C20H27N3O4S/c1-13(2)10-17(20(25)22-18-7-6-15(5)12-21-18)23-9-8-16(11-19(23)24)28(26,27)14(3)4/h6-9,11-14,17H,10H2,1-5H3,(H,21,22,25)/t17-/m0/s1. The molecule has 0 aliphatic carbocycles. The highest BCUT2D eigenvalue weighted by molar-refractivity contribution is 7.92. The zero-order chi connectivity index (χ0) is 21.1. The molecule has 1 amide bonds. The van der Waals surface area contributed by atoms with Crippen LogP contribution in [0.3, 0.4) is 0 Å². The lowest BCUT2D eigenvalue weighted by Crippen LogP contribution is -2.34. The summed E-state index contributed by atoms with van der Waals surface area (Å²) in [6.07, 6.45) is 3.45. The highest BCUT2D eigenvalue weighted by atomic mass is 32.2. The van der Waals surface area contributed by atoms with Crippen LogP contribution in [-0.4, -0.2) is 29.1 Å². The first-order chi connectivity index (χ1) is 13.0. The second kappa shape index (κ2) is 8.68. The maximum absolute atomic E-state index is 12.8. The van der Waals surface area contributed by atoms with Crippen LogP contribution in [0.15, 0.2) is 46.3 Å². The monoisotopic (exact) mass is 405 g/mol. The Kier molecular flexibility index (Phi) is 6.77. The summed E-state index contributed by atoms with van der Waals surface area (Å²) in [6, 6.07) is 5.21. The van der Waals surface area contributed by atoms with Crippen LogP contribution >= 0.6 is 0 Å². The van der Waals surface area contributed by atoms with Crippen molar-refractivity contribution >= 4 is 21.6 Å². The molecule has 0 spiro atoms. The number of carbonyl (C=O) groups is 1. The van der Waals surface area contributed by atoms with Crippen LogP contribution in [0.25, 0.3) is 0 Å². The van der Waals surface area contributed by atoms with Gasteiger partial charge < -0.3 is 9.88 Å². The van der Waals surface area contributed by atoms with Gasteiger partial charge in [0.25, 0.3) is 5.56 Å². The Hall–Kier alpha value is -2.48. The Balaban J connectivity index is 2.38. The molecule has 2 aromatic heterocycles. The summed E-state index contributed by atoms with van der Waals surface area (Å²) in [4.78, 5) is 29.6. The maximum Gasteiger partial charge on any atom is 0.252 e. The molecule has 1 atom stereocenters. The predicted molar refractivity (Wildman–Crippen MR) is 109 cm³/mol. The number of aromatic nitrogens is 2. The SMILES string of the molecule is Cc1ccc(NC(=O)[C@H](CC(C)C)n2ccc(S(=O)(=O)C(C)C)cc2=O)nc1. The molecule has 0 saturated carbocycles. The zero-order valence-electron chi connectivity index (χ0n) is 16.8. The molecular formula is C20H27N3O4S. The number of sulfone groups is 1.